The Morgan fingerprint density at radius 2 is 1.91 bits per heavy atom. The van der Waals surface area contributed by atoms with Gasteiger partial charge in [0.15, 0.2) is 0 Å². The number of hydrogen-bond acceptors (Lipinski definition) is 2. The standard InChI is InChI=1S/C7H10N2.C2H6/c1-4-7(5-8)6(2)9-3;1-2/h4H,1-3H3;1-2H3/b7-4-,9-6?;. The zero-order chi connectivity index (χ0) is 9.28. The van der Waals surface area contributed by atoms with Gasteiger partial charge in [-0.2, -0.15) is 5.26 Å². The van der Waals surface area contributed by atoms with E-state index in [1.807, 2.05) is 33.8 Å². The lowest BCUT2D eigenvalue weighted by molar-refractivity contribution is 1.40. The summed E-state index contributed by atoms with van der Waals surface area (Å²) < 4.78 is 0. The normalized spacial score (nSPS) is 11.3. The van der Waals surface area contributed by atoms with Crippen LogP contribution in [0, 0.1) is 11.3 Å². The second-order valence-corrected chi connectivity index (χ2v) is 1.62. The van der Waals surface area contributed by atoms with Crippen molar-refractivity contribution in [3.05, 3.63) is 11.6 Å². The van der Waals surface area contributed by atoms with Crippen molar-refractivity contribution in [1.29, 1.82) is 5.26 Å². The Labute approximate surface area is 69.3 Å². The van der Waals surface area contributed by atoms with Crippen molar-refractivity contribution in [2.75, 3.05) is 7.05 Å². The summed E-state index contributed by atoms with van der Waals surface area (Å²) in [7, 11) is 1.68. The Balaban J connectivity index is 0. The van der Waals surface area contributed by atoms with E-state index in [1.54, 1.807) is 13.1 Å². The maximum Gasteiger partial charge on any atom is 0.101 e. The number of aliphatic imine (C=N–C) groups is 1. The Hall–Kier alpha value is -1.10. The fourth-order valence-electron chi connectivity index (χ4n) is 0.475. The molecule has 2 nitrogen and oxygen atoms in total. The van der Waals surface area contributed by atoms with Crippen molar-refractivity contribution in [2.45, 2.75) is 27.7 Å². The molecule has 0 saturated heterocycles. The summed E-state index contributed by atoms with van der Waals surface area (Å²) in [5.41, 5.74) is 1.44. The monoisotopic (exact) mass is 152 g/mol. The lowest BCUT2D eigenvalue weighted by Gasteiger charge is -1.90. The molecule has 0 unspecified atom stereocenters. The highest BCUT2D eigenvalue weighted by Crippen LogP contribution is 1.93. The van der Waals surface area contributed by atoms with Gasteiger partial charge in [-0.05, 0) is 13.8 Å². The van der Waals surface area contributed by atoms with Crippen molar-refractivity contribution in [3.8, 4) is 6.07 Å². The van der Waals surface area contributed by atoms with Gasteiger partial charge in [-0.15, -0.1) is 0 Å². The molecule has 62 valence electrons. The zero-order valence-corrected chi connectivity index (χ0v) is 7.97. The topological polar surface area (TPSA) is 36.1 Å². The number of rotatable bonds is 1. The van der Waals surface area contributed by atoms with E-state index in [-0.39, 0.29) is 0 Å². The average molecular weight is 152 g/mol. The Bertz CT molecular complexity index is 182. The summed E-state index contributed by atoms with van der Waals surface area (Å²) in [6.07, 6.45) is 1.75. The summed E-state index contributed by atoms with van der Waals surface area (Å²) in [6.45, 7) is 7.64. The van der Waals surface area contributed by atoms with Crippen LogP contribution in [0.1, 0.15) is 27.7 Å². The van der Waals surface area contributed by atoms with Gasteiger partial charge in [-0.25, -0.2) is 0 Å². The van der Waals surface area contributed by atoms with Crippen LogP contribution in [-0.2, 0) is 0 Å². The van der Waals surface area contributed by atoms with Crippen molar-refractivity contribution in [3.63, 3.8) is 0 Å². The van der Waals surface area contributed by atoms with Crippen LogP contribution in [0.5, 0.6) is 0 Å². The van der Waals surface area contributed by atoms with Crippen LogP contribution in [0.3, 0.4) is 0 Å². The average Bonchev–Trinajstić information content (AvgIpc) is 2.10. The van der Waals surface area contributed by atoms with Crippen LogP contribution in [0.4, 0.5) is 0 Å². The molecular formula is C9H16N2. The second-order valence-electron chi connectivity index (χ2n) is 1.62. The lowest BCUT2D eigenvalue weighted by atomic mass is 10.2. The molecule has 0 aromatic rings. The van der Waals surface area contributed by atoms with Gasteiger partial charge in [0, 0.05) is 12.8 Å². The summed E-state index contributed by atoms with van der Waals surface area (Å²) in [4.78, 5) is 3.86. The Morgan fingerprint density at radius 1 is 1.45 bits per heavy atom. The molecule has 11 heavy (non-hydrogen) atoms. The molecule has 0 fully saturated rings. The molecule has 0 radical (unpaired) electrons. The van der Waals surface area contributed by atoms with Crippen LogP contribution < -0.4 is 0 Å². The molecule has 0 bridgehead atoms. The first-order chi connectivity index (χ1) is 5.26. The molecule has 0 aliphatic rings. The van der Waals surface area contributed by atoms with Gasteiger partial charge in [0.05, 0.1) is 5.57 Å². The molecule has 0 aliphatic carbocycles. The minimum absolute atomic E-state index is 0.650. The van der Waals surface area contributed by atoms with Crippen LogP contribution >= 0.6 is 0 Å². The Kier molecular flexibility index (Phi) is 10.2. The zero-order valence-electron chi connectivity index (χ0n) is 7.97. The van der Waals surface area contributed by atoms with Gasteiger partial charge >= 0.3 is 0 Å². The number of nitriles is 1. The van der Waals surface area contributed by atoms with Crippen LogP contribution in [0.15, 0.2) is 16.6 Å². The first-order valence-electron chi connectivity index (χ1n) is 3.76. The first kappa shape index (κ1) is 12.6. The fraction of sp³-hybridized carbons (Fsp3) is 0.556. The van der Waals surface area contributed by atoms with E-state index < -0.39 is 0 Å². The van der Waals surface area contributed by atoms with Crippen LogP contribution in [-0.4, -0.2) is 12.8 Å². The highest BCUT2D eigenvalue weighted by molar-refractivity contribution is 6.01. The largest absolute Gasteiger partial charge is 0.292 e. The maximum atomic E-state index is 8.43. The maximum absolute atomic E-state index is 8.43. The lowest BCUT2D eigenvalue weighted by Crippen LogP contribution is -1.92. The molecule has 0 aromatic heterocycles. The molecule has 0 aromatic carbocycles. The molecule has 0 N–H and O–H groups in total. The molecule has 0 aliphatic heterocycles. The summed E-state index contributed by atoms with van der Waals surface area (Å²) in [6, 6.07) is 2.03. The fourth-order valence-corrected chi connectivity index (χ4v) is 0.475. The second kappa shape index (κ2) is 8.90. The molecule has 0 rings (SSSR count). The van der Waals surface area contributed by atoms with Crippen molar-refractivity contribution in [1.82, 2.24) is 0 Å². The molecule has 0 amide bonds. The van der Waals surface area contributed by atoms with Gasteiger partial charge in [0.25, 0.3) is 0 Å². The number of nitrogens with zero attached hydrogens (tertiary/aromatic N) is 2. The summed E-state index contributed by atoms with van der Waals surface area (Å²) >= 11 is 0. The Morgan fingerprint density at radius 3 is 2.00 bits per heavy atom. The van der Waals surface area contributed by atoms with Gasteiger partial charge in [-0.3, -0.25) is 4.99 Å². The smallest absolute Gasteiger partial charge is 0.101 e. The van der Waals surface area contributed by atoms with E-state index >= 15 is 0 Å². The van der Waals surface area contributed by atoms with Gasteiger partial charge in [0.1, 0.15) is 6.07 Å². The van der Waals surface area contributed by atoms with Crippen molar-refractivity contribution < 1.29 is 0 Å². The summed E-state index contributed by atoms with van der Waals surface area (Å²) in [5.74, 6) is 0. The van der Waals surface area contributed by atoms with E-state index in [1.165, 1.54) is 0 Å². The highest BCUT2D eigenvalue weighted by atomic mass is 14.7. The third kappa shape index (κ3) is 5.35. The molecule has 0 saturated carbocycles. The molecule has 2 heteroatoms. The molecule has 0 atom stereocenters. The quantitative estimate of drug-likeness (QED) is 0.420. The SMILES string of the molecule is C/C=C(/C#N)C(C)=NC.CC. The van der Waals surface area contributed by atoms with E-state index in [2.05, 4.69) is 4.99 Å². The minimum atomic E-state index is 0.650. The predicted molar refractivity (Wildman–Crippen MR) is 49.8 cm³/mol. The minimum Gasteiger partial charge on any atom is -0.292 e. The predicted octanol–water partition coefficient (Wildman–Crippen LogP) is 2.57. The van der Waals surface area contributed by atoms with Crippen LogP contribution in [0.25, 0.3) is 0 Å². The van der Waals surface area contributed by atoms with E-state index in [0.29, 0.717) is 5.57 Å². The number of allylic oxidation sites excluding steroid dienone is 2. The first-order valence-corrected chi connectivity index (χ1v) is 3.76. The van der Waals surface area contributed by atoms with E-state index in [0.717, 1.165) is 5.71 Å². The number of hydrogen-bond donors (Lipinski definition) is 0. The van der Waals surface area contributed by atoms with Crippen molar-refractivity contribution >= 4 is 5.71 Å². The van der Waals surface area contributed by atoms with Crippen molar-refractivity contribution in [2.24, 2.45) is 4.99 Å². The highest BCUT2D eigenvalue weighted by Gasteiger charge is 1.93. The van der Waals surface area contributed by atoms with Gasteiger partial charge in [-0.1, -0.05) is 19.9 Å². The summed E-state index contributed by atoms with van der Waals surface area (Å²) in [5, 5.41) is 8.43. The molecular weight excluding hydrogens is 136 g/mol. The third-order valence-electron chi connectivity index (χ3n) is 1.13. The molecule has 0 spiro atoms. The molecule has 0 heterocycles. The van der Waals surface area contributed by atoms with Crippen LogP contribution in [0.2, 0.25) is 0 Å². The third-order valence-corrected chi connectivity index (χ3v) is 1.13. The van der Waals surface area contributed by atoms with E-state index in [9.17, 15) is 0 Å². The van der Waals surface area contributed by atoms with Gasteiger partial charge < -0.3 is 0 Å². The van der Waals surface area contributed by atoms with E-state index in [4.69, 9.17) is 5.26 Å². The van der Waals surface area contributed by atoms with Gasteiger partial charge in [0.2, 0.25) is 0 Å².